The minimum Gasteiger partial charge on any atom is -0.497 e. The summed E-state index contributed by atoms with van der Waals surface area (Å²) in [5.41, 5.74) is 2.73. The van der Waals surface area contributed by atoms with Crippen LogP contribution in [0.4, 0.5) is 0 Å². The van der Waals surface area contributed by atoms with Gasteiger partial charge in [0.05, 0.1) is 19.3 Å². The van der Waals surface area contributed by atoms with Gasteiger partial charge in [-0.3, -0.25) is 9.69 Å². The number of benzene rings is 2. The number of carbonyl (C=O) groups is 1. The first kappa shape index (κ1) is 19.9. The summed E-state index contributed by atoms with van der Waals surface area (Å²) >= 11 is 7.63. The fraction of sp³-hybridized carbons (Fsp3) is 0.273. The number of hydrogen-bond donors (Lipinski definition) is 0. The molecule has 1 saturated heterocycles. The van der Waals surface area contributed by atoms with Crippen LogP contribution in [0.1, 0.15) is 15.4 Å². The van der Waals surface area contributed by atoms with Crippen LogP contribution in [0.3, 0.4) is 0 Å². The monoisotopic (exact) mass is 427 g/mol. The van der Waals surface area contributed by atoms with Crippen LogP contribution in [0.25, 0.3) is 11.3 Å². The molecule has 7 heteroatoms. The molecule has 0 aliphatic carbocycles. The molecule has 4 rings (SSSR count). The SMILES string of the molecule is COc1cccc(C(=O)N2CCN(Cc3nc(-c4ccc(Cl)cc4)cs3)CC2)c1. The van der Waals surface area contributed by atoms with Crippen LogP contribution in [-0.2, 0) is 6.54 Å². The van der Waals surface area contributed by atoms with Crippen molar-refractivity contribution in [3.63, 3.8) is 0 Å². The summed E-state index contributed by atoms with van der Waals surface area (Å²) in [6, 6.07) is 15.1. The zero-order chi connectivity index (χ0) is 20.2. The van der Waals surface area contributed by atoms with E-state index in [9.17, 15) is 4.79 Å². The maximum absolute atomic E-state index is 12.7. The van der Waals surface area contributed by atoms with E-state index in [0.29, 0.717) is 24.4 Å². The van der Waals surface area contributed by atoms with Gasteiger partial charge in [0.1, 0.15) is 10.8 Å². The second-order valence-corrected chi connectivity index (χ2v) is 8.31. The number of amides is 1. The molecule has 2 aromatic carbocycles. The highest BCUT2D eigenvalue weighted by Crippen LogP contribution is 2.24. The van der Waals surface area contributed by atoms with E-state index in [1.54, 1.807) is 24.5 Å². The minimum absolute atomic E-state index is 0.0582. The second-order valence-electron chi connectivity index (χ2n) is 6.93. The van der Waals surface area contributed by atoms with Gasteiger partial charge in [-0.15, -0.1) is 11.3 Å². The van der Waals surface area contributed by atoms with Gasteiger partial charge in [-0.25, -0.2) is 4.98 Å². The Balaban J connectivity index is 1.33. The Hall–Kier alpha value is -2.41. The Morgan fingerprint density at radius 2 is 1.90 bits per heavy atom. The van der Waals surface area contributed by atoms with E-state index in [1.807, 2.05) is 47.4 Å². The fourth-order valence-corrected chi connectivity index (χ4v) is 4.35. The van der Waals surface area contributed by atoms with E-state index >= 15 is 0 Å². The summed E-state index contributed by atoms with van der Waals surface area (Å²) in [7, 11) is 1.61. The van der Waals surface area contributed by atoms with Crippen molar-refractivity contribution >= 4 is 28.8 Å². The topological polar surface area (TPSA) is 45.7 Å². The van der Waals surface area contributed by atoms with Crippen molar-refractivity contribution in [3.05, 3.63) is 69.5 Å². The molecule has 0 spiro atoms. The Kier molecular flexibility index (Phi) is 6.13. The van der Waals surface area contributed by atoms with E-state index < -0.39 is 0 Å². The van der Waals surface area contributed by atoms with E-state index in [0.717, 1.165) is 40.9 Å². The van der Waals surface area contributed by atoms with Crippen molar-refractivity contribution in [3.8, 4) is 17.0 Å². The molecule has 0 bridgehead atoms. The van der Waals surface area contributed by atoms with Crippen molar-refractivity contribution in [1.82, 2.24) is 14.8 Å². The van der Waals surface area contributed by atoms with Crippen molar-refractivity contribution < 1.29 is 9.53 Å². The summed E-state index contributed by atoms with van der Waals surface area (Å²) < 4.78 is 5.22. The van der Waals surface area contributed by atoms with E-state index in [1.165, 1.54) is 0 Å². The molecule has 1 aliphatic rings. The number of halogens is 1. The molecule has 0 atom stereocenters. The maximum atomic E-state index is 12.7. The second kappa shape index (κ2) is 8.95. The zero-order valence-corrected chi connectivity index (χ0v) is 17.7. The molecule has 1 fully saturated rings. The van der Waals surface area contributed by atoms with Crippen molar-refractivity contribution in [2.75, 3.05) is 33.3 Å². The molecule has 0 N–H and O–H groups in total. The first-order chi connectivity index (χ1) is 14.1. The van der Waals surface area contributed by atoms with E-state index in [-0.39, 0.29) is 5.91 Å². The smallest absolute Gasteiger partial charge is 0.254 e. The molecule has 0 radical (unpaired) electrons. The summed E-state index contributed by atoms with van der Waals surface area (Å²) in [4.78, 5) is 21.8. The lowest BCUT2D eigenvalue weighted by molar-refractivity contribution is 0.0628. The predicted molar refractivity (Wildman–Crippen MR) is 117 cm³/mol. The van der Waals surface area contributed by atoms with Crippen LogP contribution in [0.2, 0.25) is 5.02 Å². The molecule has 1 amide bonds. The zero-order valence-electron chi connectivity index (χ0n) is 16.2. The van der Waals surface area contributed by atoms with Crippen molar-refractivity contribution in [2.45, 2.75) is 6.54 Å². The summed E-state index contributed by atoms with van der Waals surface area (Å²) in [5, 5.41) is 3.90. The van der Waals surface area contributed by atoms with Crippen LogP contribution in [-0.4, -0.2) is 54.0 Å². The quantitative estimate of drug-likeness (QED) is 0.604. The molecule has 2 heterocycles. The van der Waals surface area contributed by atoms with Crippen LogP contribution in [0.5, 0.6) is 5.75 Å². The Morgan fingerprint density at radius 3 is 2.62 bits per heavy atom. The summed E-state index contributed by atoms with van der Waals surface area (Å²) in [6.07, 6.45) is 0. The molecule has 29 heavy (non-hydrogen) atoms. The van der Waals surface area contributed by atoms with Crippen molar-refractivity contribution in [2.24, 2.45) is 0 Å². The molecule has 3 aromatic rings. The first-order valence-corrected chi connectivity index (χ1v) is 10.7. The van der Waals surface area contributed by atoms with Gasteiger partial charge < -0.3 is 9.64 Å². The number of methoxy groups -OCH3 is 1. The number of piperazine rings is 1. The number of ether oxygens (including phenoxy) is 1. The highest BCUT2D eigenvalue weighted by molar-refractivity contribution is 7.09. The number of thiazole rings is 1. The third kappa shape index (κ3) is 4.78. The lowest BCUT2D eigenvalue weighted by Gasteiger charge is -2.34. The normalized spacial score (nSPS) is 14.8. The van der Waals surface area contributed by atoms with Gasteiger partial charge in [-0.2, -0.15) is 0 Å². The van der Waals surface area contributed by atoms with E-state index in [4.69, 9.17) is 21.3 Å². The number of rotatable bonds is 5. The lowest BCUT2D eigenvalue weighted by atomic mass is 10.1. The Morgan fingerprint density at radius 1 is 1.14 bits per heavy atom. The Labute approximate surface area is 179 Å². The third-order valence-corrected chi connectivity index (χ3v) is 6.11. The first-order valence-electron chi connectivity index (χ1n) is 9.48. The molecule has 5 nitrogen and oxygen atoms in total. The molecule has 0 saturated carbocycles. The average molecular weight is 428 g/mol. The van der Waals surface area contributed by atoms with Crippen LogP contribution in [0, 0.1) is 0 Å². The average Bonchev–Trinajstić information content (AvgIpc) is 3.23. The number of carbonyl (C=O) groups excluding carboxylic acids is 1. The standard InChI is InChI=1S/C22H22ClN3O2S/c1-28-19-4-2-3-17(13-19)22(27)26-11-9-25(10-12-26)14-21-24-20(15-29-21)16-5-7-18(23)8-6-16/h2-8,13,15H,9-12,14H2,1H3. The highest BCUT2D eigenvalue weighted by atomic mass is 35.5. The van der Waals surface area contributed by atoms with Gasteiger partial charge in [0.2, 0.25) is 0 Å². The number of hydrogen-bond acceptors (Lipinski definition) is 5. The fourth-order valence-electron chi connectivity index (χ4n) is 3.38. The molecular weight excluding hydrogens is 406 g/mol. The van der Waals surface area contributed by atoms with Crippen LogP contribution < -0.4 is 4.74 Å². The van der Waals surface area contributed by atoms with Crippen LogP contribution in [0.15, 0.2) is 53.9 Å². The van der Waals surface area contributed by atoms with E-state index in [2.05, 4.69) is 10.3 Å². The summed E-state index contributed by atoms with van der Waals surface area (Å²) in [5.74, 6) is 0.762. The largest absolute Gasteiger partial charge is 0.497 e. The van der Waals surface area contributed by atoms with Gasteiger partial charge in [-0.1, -0.05) is 29.8 Å². The predicted octanol–water partition coefficient (Wildman–Crippen LogP) is 4.43. The van der Waals surface area contributed by atoms with Crippen molar-refractivity contribution in [1.29, 1.82) is 0 Å². The number of nitrogens with zero attached hydrogens (tertiary/aromatic N) is 3. The molecule has 150 valence electrons. The van der Waals surface area contributed by atoms with Gasteiger partial charge in [0, 0.05) is 47.7 Å². The Bertz CT molecular complexity index is 982. The molecule has 1 aliphatic heterocycles. The highest BCUT2D eigenvalue weighted by Gasteiger charge is 2.23. The molecule has 1 aromatic heterocycles. The number of aromatic nitrogens is 1. The van der Waals surface area contributed by atoms with Crippen LogP contribution >= 0.6 is 22.9 Å². The minimum atomic E-state index is 0.0582. The summed E-state index contributed by atoms with van der Waals surface area (Å²) in [6.45, 7) is 3.91. The maximum Gasteiger partial charge on any atom is 0.254 e. The molecule has 0 unspecified atom stereocenters. The third-order valence-electron chi connectivity index (χ3n) is 5.03. The lowest BCUT2D eigenvalue weighted by Crippen LogP contribution is -2.48. The van der Waals surface area contributed by atoms with Gasteiger partial charge in [0.25, 0.3) is 5.91 Å². The van der Waals surface area contributed by atoms with Gasteiger partial charge in [0.15, 0.2) is 0 Å². The van der Waals surface area contributed by atoms with Gasteiger partial charge >= 0.3 is 0 Å². The molecular formula is C22H22ClN3O2S. The van der Waals surface area contributed by atoms with Gasteiger partial charge in [-0.05, 0) is 30.3 Å².